The second kappa shape index (κ2) is 4.71. The van der Waals surface area contributed by atoms with Gasteiger partial charge in [-0.3, -0.25) is 0 Å². The quantitative estimate of drug-likeness (QED) is 0.855. The Morgan fingerprint density at radius 1 is 1.21 bits per heavy atom. The molecule has 0 amide bonds. The third-order valence-electron chi connectivity index (χ3n) is 2.85. The fourth-order valence-electron chi connectivity index (χ4n) is 1.88. The van der Waals surface area contributed by atoms with E-state index in [0.717, 1.165) is 22.5 Å². The van der Waals surface area contributed by atoms with Crippen LogP contribution in [0, 0.1) is 0 Å². The van der Waals surface area contributed by atoms with Crippen LogP contribution in [0.3, 0.4) is 0 Å². The first-order chi connectivity index (χ1) is 9.10. The lowest BCUT2D eigenvalue weighted by Gasteiger charge is -2.16. The van der Waals surface area contributed by atoms with Crippen molar-refractivity contribution in [3.8, 4) is 11.5 Å². The molecule has 2 aromatic rings. The van der Waals surface area contributed by atoms with Gasteiger partial charge in [-0.25, -0.2) is 0 Å². The molecule has 0 fully saturated rings. The summed E-state index contributed by atoms with van der Waals surface area (Å²) in [5.41, 5.74) is 0.853. The summed E-state index contributed by atoms with van der Waals surface area (Å²) in [5, 5.41) is 4.90. The van der Waals surface area contributed by atoms with Gasteiger partial charge in [-0.2, -0.15) is 0 Å². The summed E-state index contributed by atoms with van der Waals surface area (Å²) in [6, 6.07) is 13.1. The Kier molecular flexibility index (Phi) is 3.17. The minimum absolute atomic E-state index is 0.660. The van der Waals surface area contributed by atoms with Crippen LogP contribution in [0.25, 0.3) is 0 Å². The van der Waals surface area contributed by atoms with Crippen molar-refractivity contribution in [3.63, 3.8) is 0 Å². The molecule has 0 aliphatic carbocycles. The Hall–Kier alpha value is -1.22. The number of anilines is 1. The highest BCUT2D eigenvalue weighted by molar-refractivity contribution is 8.16. The Morgan fingerprint density at radius 3 is 2.63 bits per heavy atom. The number of methoxy groups -OCH3 is 1. The van der Waals surface area contributed by atoms with Crippen LogP contribution in [0.2, 0.25) is 5.02 Å². The number of halogens is 1. The molecule has 0 spiro atoms. The van der Waals surface area contributed by atoms with Gasteiger partial charge < -0.3 is 14.3 Å². The van der Waals surface area contributed by atoms with Gasteiger partial charge in [0.15, 0.2) is 0 Å². The fraction of sp³-hybridized carbons (Fsp3) is 0.0769. The molecule has 1 aliphatic heterocycles. The van der Waals surface area contributed by atoms with Crippen LogP contribution in [-0.2, 0) is 11.8 Å². The summed E-state index contributed by atoms with van der Waals surface area (Å²) < 4.78 is 11.1. The highest BCUT2D eigenvalue weighted by Crippen LogP contribution is 2.56. The third kappa shape index (κ3) is 2.32. The molecule has 0 saturated carbocycles. The maximum Gasteiger partial charge on any atom is 0.232 e. The molecule has 0 saturated heterocycles. The first-order valence-electron chi connectivity index (χ1n) is 5.63. The number of ether oxygens (including phenoxy) is 1. The van der Waals surface area contributed by atoms with Crippen molar-refractivity contribution < 1.29 is 9.26 Å². The second-order valence-electron chi connectivity index (χ2n) is 4.09. The number of fused-ring (bicyclic) bond motifs is 1. The Bertz CT molecular complexity index is 675. The normalized spacial score (nSPS) is 20.3. The molecule has 1 atom stereocenters. The standard InChI is InChI=1S/C13H11ClNO2PS/c1-16-10-3-5-11(6-4-10)18(19)15-12-8-9(14)2-7-13(12)17-18/h2-8H,1H3,(H,15,19). The van der Waals surface area contributed by atoms with Crippen molar-refractivity contribution >= 4 is 40.8 Å². The van der Waals surface area contributed by atoms with Gasteiger partial charge >= 0.3 is 0 Å². The maximum absolute atomic E-state index is 5.97. The Morgan fingerprint density at radius 2 is 1.95 bits per heavy atom. The zero-order valence-electron chi connectivity index (χ0n) is 10.1. The van der Waals surface area contributed by atoms with Gasteiger partial charge in [0.1, 0.15) is 11.5 Å². The van der Waals surface area contributed by atoms with Crippen molar-refractivity contribution in [3.05, 3.63) is 47.5 Å². The number of nitrogens with one attached hydrogen (secondary N) is 1. The van der Waals surface area contributed by atoms with Gasteiger partial charge in [0, 0.05) is 10.3 Å². The van der Waals surface area contributed by atoms with Gasteiger partial charge in [-0.05, 0) is 54.3 Å². The van der Waals surface area contributed by atoms with E-state index >= 15 is 0 Å². The lowest BCUT2D eigenvalue weighted by molar-refractivity contribution is 0.415. The van der Waals surface area contributed by atoms with Gasteiger partial charge in [0.25, 0.3) is 0 Å². The molecule has 98 valence electrons. The molecule has 0 bridgehead atoms. The molecule has 3 rings (SSSR count). The molecule has 2 aromatic carbocycles. The smallest absolute Gasteiger partial charge is 0.232 e. The van der Waals surface area contributed by atoms with Gasteiger partial charge in [0.2, 0.25) is 6.42 Å². The summed E-state index contributed by atoms with van der Waals surface area (Å²) in [6.45, 7) is 0. The van der Waals surface area contributed by atoms with Crippen LogP contribution in [0.1, 0.15) is 0 Å². The Labute approximate surface area is 121 Å². The van der Waals surface area contributed by atoms with Crippen molar-refractivity contribution in [2.45, 2.75) is 0 Å². The van der Waals surface area contributed by atoms with E-state index < -0.39 is 6.42 Å². The van der Waals surface area contributed by atoms with Crippen LogP contribution >= 0.6 is 18.0 Å². The lowest BCUT2D eigenvalue weighted by Crippen LogP contribution is -2.10. The number of hydrogen-bond acceptors (Lipinski definition) is 3. The SMILES string of the molecule is COc1ccc(P2(=S)Nc3cc(Cl)ccc3O2)cc1. The summed E-state index contributed by atoms with van der Waals surface area (Å²) in [7, 11) is 1.63. The third-order valence-corrected chi connectivity index (χ3v) is 6.18. The maximum atomic E-state index is 5.97. The zero-order valence-corrected chi connectivity index (χ0v) is 12.6. The van der Waals surface area contributed by atoms with E-state index in [-0.39, 0.29) is 0 Å². The molecule has 1 N–H and O–H groups in total. The molecular weight excluding hydrogens is 301 g/mol. The molecule has 1 unspecified atom stereocenters. The van der Waals surface area contributed by atoms with E-state index in [9.17, 15) is 0 Å². The van der Waals surface area contributed by atoms with Crippen LogP contribution in [0.4, 0.5) is 5.69 Å². The monoisotopic (exact) mass is 311 g/mol. The van der Waals surface area contributed by atoms with E-state index in [2.05, 4.69) is 5.09 Å². The minimum Gasteiger partial charge on any atom is -0.497 e. The largest absolute Gasteiger partial charge is 0.497 e. The first-order valence-corrected chi connectivity index (χ1v) is 8.73. The van der Waals surface area contributed by atoms with Gasteiger partial charge in [-0.1, -0.05) is 11.6 Å². The van der Waals surface area contributed by atoms with Gasteiger partial charge in [-0.15, -0.1) is 0 Å². The minimum atomic E-state index is -2.29. The highest BCUT2D eigenvalue weighted by atomic mass is 35.5. The Balaban J connectivity index is 1.96. The number of hydrogen-bond donors (Lipinski definition) is 1. The van der Waals surface area contributed by atoms with E-state index in [1.54, 1.807) is 13.2 Å². The van der Waals surface area contributed by atoms with Crippen LogP contribution in [0.15, 0.2) is 42.5 Å². The van der Waals surface area contributed by atoms with Gasteiger partial charge in [0.05, 0.1) is 12.8 Å². The molecule has 1 heterocycles. The van der Waals surface area contributed by atoms with Crippen LogP contribution < -0.4 is 19.7 Å². The first kappa shape index (κ1) is 12.8. The molecule has 1 aliphatic rings. The average Bonchev–Trinajstić information content (AvgIpc) is 2.75. The lowest BCUT2D eigenvalue weighted by atomic mass is 10.3. The predicted octanol–water partition coefficient (Wildman–Crippen LogP) is 3.79. The van der Waals surface area contributed by atoms with Crippen molar-refractivity contribution in [2.75, 3.05) is 12.2 Å². The predicted molar refractivity (Wildman–Crippen MR) is 82.6 cm³/mol. The van der Waals surface area contributed by atoms with Crippen LogP contribution in [-0.4, -0.2) is 7.11 Å². The average molecular weight is 312 g/mol. The summed E-state index contributed by atoms with van der Waals surface area (Å²) >= 11 is 11.6. The van der Waals surface area contributed by atoms with Crippen LogP contribution in [0.5, 0.6) is 11.5 Å². The number of rotatable bonds is 2. The highest BCUT2D eigenvalue weighted by Gasteiger charge is 2.30. The van der Waals surface area contributed by atoms with Crippen molar-refractivity contribution in [1.82, 2.24) is 0 Å². The molecule has 0 radical (unpaired) electrons. The summed E-state index contributed by atoms with van der Waals surface area (Å²) in [4.78, 5) is 0. The topological polar surface area (TPSA) is 30.5 Å². The van der Waals surface area contributed by atoms with E-state index in [4.69, 9.17) is 32.7 Å². The fourth-order valence-corrected chi connectivity index (χ4v) is 4.71. The summed E-state index contributed by atoms with van der Waals surface area (Å²) in [5.74, 6) is 1.55. The number of benzene rings is 2. The van der Waals surface area contributed by atoms with Crippen molar-refractivity contribution in [1.29, 1.82) is 0 Å². The second-order valence-corrected chi connectivity index (χ2v) is 8.10. The molecular formula is C13H11ClNO2PS. The van der Waals surface area contributed by atoms with Crippen molar-refractivity contribution in [2.24, 2.45) is 0 Å². The van der Waals surface area contributed by atoms with E-state index in [0.29, 0.717) is 5.02 Å². The zero-order chi connectivity index (χ0) is 13.5. The summed E-state index contributed by atoms with van der Waals surface area (Å²) in [6.07, 6.45) is -2.29. The molecule has 6 heteroatoms. The van der Waals surface area contributed by atoms with E-state index in [1.165, 1.54) is 0 Å². The molecule has 19 heavy (non-hydrogen) atoms. The molecule has 0 aromatic heterocycles. The van der Waals surface area contributed by atoms with E-state index in [1.807, 2.05) is 36.4 Å². The molecule has 3 nitrogen and oxygen atoms in total.